The zero-order valence-corrected chi connectivity index (χ0v) is 20.1. The predicted octanol–water partition coefficient (Wildman–Crippen LogP) is 5.43. The van der Waals surface area contributed by atoms with Gasteiger partial charge in [0.2, 0.25) is 10.0 Å². The summed E-state index contributed by atoms with van der Waals surface area (Å²) in [4.78, 5) is 11.1. The first kappa shape index (κ1) is 25.5. The normalized spacial score (nSPS) is 19.6. The van der Waals surface area contributed by atoms with E-state index in [1.807, 2.05) is 0 Å². The van der Waals surface area contributed by atoms with Crippen LogP contribution in [0.2, 0.25) is 0 Å². The molecule has 0 aliphatic carbocycles. The third-order valence-electron chi connectivity index (χ3n) is 5.96. The van der Waals surface area contributed by atoms with Gasteiger partial charge in [0.15, 0.2) is 11.5 Å². The Morgan fingerprint density at radius 3 is 2.11 bits per heavy atom. The van der Waals surface area contributed by atoms with Gasteiger partial charge < -0.3 is 9.47 Å². The highest BCUT2D eigenvalue weighted by atomic mass is 32.2. The minimum Gasteiger partial charge on any atom is -0.493 e. The molecule has 4 rings (SSSR count). The molecule has 0 radical (unpaired) electrons. The zero-order valence-electron chi connectivity index (χ0n) is 19.3. The van der Waals surface area contributed by atoms with Crippen LogP contribution < -0.4 is 9.47 Å². The summed E-state index contributed by atoms with van der Waals surface area (Å²) in [6, 6.07) is 10.3. The van der Waals surface area contributed by atoms with Crippen molar-refractivity contribution in [3.63, 3.8) is 0 Å². The van der Waals surface area contributed by atoms with Gasteiger partial charge in [-0.2, -0.15) is 17.5 Å². The van der Waals surface area contributed by atoms with Gasteiger partial charge in [-0.3, -0.25) is 10.1 Å². The largest absolute Gasteiger partial charge is 0.493 e. The summed E-state index contributed by atoms with van der Waals surface area (Å²) in [5.41, 5.74) is -0.581. The van der Waals surface area contributed by atoms with Crippen LogP contribution in [0.25, 0.3) is 0 Å². The molecular weight excluding hydrogens is 501 g/mol. The van der Waals surface area contributed by atoms with Crippen molar-refractivity contribution in [2.75, 3.05) is 14.2 Å². The van der Waals surface area contributed by atoms with Gasteiger partial charge in [-0.15, -0.1) is 0 Å². The number of halogens is 3. The van der Waals surface area contributed by atoms with Gasteiger partial charge in [0.1, 0.15) is 0 Å². The van der Waals surface area contributed by atoms with Crippen LogP contribution in [-0.2, 0) is 16.2 Å². The van der Waals surface area contributed by atoms with E-state index in [2.05, 4.69) is 0 Å². The number of alkyl halides is 3. The molecule has 3 aromatic carbocycles. The Hall–Kier alpha value is -3.64. The van der Waals surface area contributed by atoms with Gasteiger partial charge in [-0.25, -0.2) is 8.42 Å². The molecule has 0 aromatic heterocycles. The highest BCUT2D eigenvalue weighted by Gasteiger charge is 2.59. The molecule has 1 aliphatic rings. The average molecular weight is 523 g/mol. The highest BCUT2D eigenvalue weighted by Crippen LogP contribution is 2.60. The molecule has 1 aliphatic heterocycles. The van der Waals surface area contributed by atoms with Crippen molar-refractivity contribution >= 4 is 15.7 Å². The summed E-state index contributed by atoms with van der Waals surface area (Å²) in [5.74, 6) is 0.164. The minimum absolute atomic E-state index is 0.0317. The fourth-order valence-corrected chi connectivity index (χ4v) is 5.89. The lowest BCUT2D eigenvalue weighted by molar-refractivity contribution is -0.385. The van der Waals surface area contributed by atoms with Crippen LogP contribution in [0.3, 0.4) is 0 Å². The van der Waals surface area contributed by atoms with Gasteiger partial charge in [-0.1, -0.05) is 29.8 Å². The van der Waals surface area contributed by atoms with Crippen LogP contribution in [0.1, 0.15) is 34.3 Å². The lowest BCUT2D eigenvalue weighted by Crippen LogP contribution is -2.14. The van der Waals surface area contributed by atoms with Crippen LogP contribution in [0.15, 0.2) is 65.6 Å². The van der Waals surface area contributed by atoms with Crippen LogP contribution >= 0.6 is 0 Å². The monoisotopic (exact) mass is 522 g/mol. The lowest BCUT2D eigenvalue weighted by atomic mass is 10.0. The molecule has 36 heavy (non-hydrogen) atoms. The molecule has 3 atom stereocenters. The summed E-state index contributed by atoms with van der Waals surface area (Å²) in [6.07, 6.45) is -4.66. The summed E-state index contributed by atoms with van der Waals surface area (Å²) in [5, 5.41) is 11.9. The zero-order chi connectivity index (χ0) is 26.4. The van der Waals surface area contributed by atoms with E-state index >= 15 is 0 Å². The van der Waals surface area contributed by atoms with Crippen LogP contribution in [0.4, 0.5) is 18.9 Å². The van der Waals surface area contributed by atoms with Crippen molar-refractivity contribution in [2.24, 2.45) is 0 Å². The molecule has 1 fully saturated rings. The second-order valence-corrected chi connectivity index (χ2v) is 10.0. The van der Waals surface area contributed by atoms with Gasteiger partial charge in [0.25, 0.3) is 5.69 Å². The minimum atomic E-state index is -4.66. The fourth-order valence-electron chi connectivity index (χ4n) is 4.16. The number of aryl methyl sites for hydroxylation is 1. The molecule has 0 saturated carbocycles. The van der Waals surface area contributed by atoms with E-state index < -0.39 is 44.5 Å². The van der Waals surface area contributed by atoms with Gasteiger partial charge in [-0.05, 0) is 42.8 Å². The number of ether oxygens (including phenoxy) is 2. The Morgan fingerprint density at radius 1 is 0.944 bits per heavy atom. The first-order valence-electron chi connectivity index (χ1n) is 10.6. The number of rotatable bonds is 7. The Morgan fingerprint density at radius 2 is 1.56 bits per heavy atom. The van der Waals surface area contributed by atoms with E-state index in [4.69, 9.17) is 9.47 Å². The van der Waals surface area contributed by atoms with E-state index in [0.29, 0.717) is 0 Å². The van der Waals surface area contributed by atoms with Crippen molar-refractivity contribution in [2.45, 2.75) is 30.1 Å². The molecule has 8 nitrogen and oxygen atoms in total. The summed E-state index contributed by atoms with van der Waals surface area (Å²) in [7, 11) is -1.65. The van der Waals surface area contributed by atoms with Crippen molar-refractivity contribution < 1.29 is 36.0 Å². The number of hydrogen-bond donors (Lipinski definition) is 0. The molecule has 190 valence electrons. The fraction of sp³-hybridized carbons (Fsp3) is 0.250. The Kier molecular flexibility index (Phi) is 6.43. The van der Waals surface area contributed by atoms with Crippen LogP contribution in [0, 0.1) is 17.0 Å². The van der Waals surface area contributed by atoms with E-state index in [1.165, 1.54) is 44.6 Å². The molecule has 1 saturated heterocycles. The van der Waals surface area contributed by atoms with E-state index in [1.54, 1.807) is 19.1 Å². The average Bonchev–Trinajstić information content (AvgIpc) is 3.59. The smallest absolute Gasteiger partial charge is 0.416 e. The third-order valence-corrected chi connectivity index (χ3v) is 7.83. The predicted molar refractivity (Wildman–Crippen MR) is 123 cm³/mol. The second-order valence-electron chi connectivity index (χ2n) is 8.18. The molecular formula is C24H21F3N2O6S. The number of nitro groups is 1. The van der Waals surface area contributed by atoms with E-state index in [9.17, 15) is 31.7 Å². The molecule has 3 aromatic rings. The highest BCUT2D eigenvalue weighted by molar-refractivity contribution is 7.89. The standard InChI is InChI=1S/C24H21F3N2O6S/c1-14-7-9-17(10-8-14)36(32,33)28-22(15-5-4-6-16(11-15)24(25,26)27)23(28)18-12-20(34-2)21(35-3)13-19(18)29(30)31/h4-13,22-23H,1-3H3/t22-,23-,28?/m1/s1. The maximum atomic E-state index is 13.6. The Labute approximate surface area is 205 Å². The molecule has 1 heterocycles. The van der Waals surface area contributed by atoms with Crippen molar-refractivity contribution in [3.8, 4) is 11.5 Å². The first-order valence-corrected chi connectivity index (χ1v) is 12.0. The number of nitrogens with zero attached hydrogens (tertiary/aromatic N) is 2. The quantitative estimate of drug-likeness (QED) is 0.233. The van der Waals surface area contributed by atoms with E-state index in [-0.39, 0.29) is 27.5 Å². The van der Waals surface area contributed by atoms with Crippen molar-refractivity contribution in [1.29, 1.82) is 0 Å². The second kappa shape index (κ2) is 9.10. The number of sulfonamides is 1. The number of benzene rings is 3. The lowest BCUT2D eigenvalue weighted by Gasteiger charge is -2.11. The summed E-state index contributed by atoms with van der Waals surface area (Å²) in [6.45, 7) is 1.77. The maximum Gasteiger partial charge on any atom is 0.416 e. The molecule has 0 spiro atoms. The van der Waals surface area contributed by atoms with Gasteiger partial charge in [0, 0.05) is 0 Å². The molecule has 0 N–H and O–H groups in total. The number of hydrogen-bond acceptors (Lipinski definition) is 6. The van der Waals surface area contributed by atoms with Crippen molar-refractivity contribution in [1.82, 2.24) is 4.31 Å². The first-order chi connectivity index (χ1) is 16.9. The topological polar surface area (TPSA) is 98.8 Å². The van der Waals surface area contributed by atoms with Gasteiger partial charge in [0.05, 0.1) is 53.3 Å². The van der Waals surface area contributed by atoms with Crippen molar-refractivity contribution in [3.05, 3.63) is 93.0 Å². The SMILES string of the molecule is COc1cc([C@@H]2[C@@H](c3cccc(C(F)(F)F)c3)N2S(=O)(=O)c2ccc(C)cc2)c([N+](=O)[O-])cc1OC. The summed E-state index contributed by atoms with van der Waals surface area (Å²) < 4.78 is 78.8. The van der Waals surface area contributed by atoms with Crippen LogP contribution in [0.5, 0.6) is 11.5 Å². The Balaban J connectivity index is 1.91. The molecule has 12 heteroatoms. The molecule has 0 amide bonds. The molecule has 1 unspecified atom stereocenters. The van der Waals surface area contributed by atoms with E-state index in [0.717, 1.165) is 28.1 Å². The van der Waals surface area contributed by atoms with Crippen LogP contribution in [-0.4, -0.2) is 31.9 Å². The Bertz CT molecular complexity index is 1420. The third kappa shape index (κ3) is 4.49. The number of nitro benzene ring substituents is 1. The van der Waals surface area contributed by atoms with Gasteiger partial charge >= 0.3 is 6.18 Å². The number of methoxy groups -OCH3 is 2. The maximum absolute atomic E-state index is 13.6. The summed E-state index contributed by atoms with van der Waals surface area (Å²) >= 11 is 0. The molecule has 0 bridgehead atoms.